The zero-order valence-electron chi connectivity index (χ0n) is 10.4. The van der Waals surface area contributed by atoms with Gasteiger partial charge >= 0.3 is 0 Å². The average molecular weight is 341 g/mol. The van der Waals surface area contributed by atoms with E-state index in [4.69, 9.17) is 0 Å². The first-order valence-corrected chi connectivity index (χ1v) is 7.54. The van der Waals surface area contributed by atoms with Crippen molar-refractivity contribution in [2.75, 3.05) is 5.32 Å². The Morgan fingerprint density at radius 2 is 2.21 bits per heavy atom. The highest BCUT2D eigenvalue weighted by Crippen LogP contribution is 2.23. The van der Waals surface area contributed by atoms with Crippen molar-refractivity contribution >= 4 is 38.9 Å². The van der Waals surface area contributed by atoms with Crippen LogP contribution < -0.4 is 10.9 Å². The Kier molecular flexibility index (Phi) is 4.55. The summed E-state index contributed by atoms with van der Waals surface area (Å²) in [4.78, 5) is 24.2. The second kappa shape index (κ2) is 6.16. The predicted octanol–water partition coefficient (Wildman–Crippen LogP) is 3.33. The van der Waals surface area contributed by atoms with E-state index in [0.29, 0.717) is 17.1 Å². The average Bonchev–Trinajstić information content (AvgIpc) is 2.80. The number of aryl methyl sites for hydroxylation is 1. The zero-order chi connectivity index (χ0) is 13.8. The number of amides is 1. The number of aromatic nitrogens is 1. The van der Waals surface area contributed by atoms with Gasteiger partial charge in [-0.25, -0.2) is 0 Å². The lowest BCUT2D eigenvalue weighted by Crippen LogP contribution is -2.20. The number of anilines is 1. The van der Waals surface area contributed by atoms with Crippen molar-refractivity contribution in [2.24, 2.45) is 0 Å². The second-order valence-corrected chi connectivity index (χ2v) is 5.77. The molecule has 19 heavy (non-hydrogen) atoms. The van der Waals surface area contributed by atoms with E-state index in [1.807, 2.05) is 18.4 Å². The van der Waals surface area contributed by atoms with Crippen molar-refractivity contribution < 1.29 is 4.79 Å². The summed E-state index contributed by atoms with van der Waals surface area (Å²) in [6.07, 6.45) is 2.54. The van der Waals surface area contributed by atoms with Crippen molar-refractivity contribution in [1.29, 1.82) is 0 Å². The number of carbonyl (C=O) groups excluding carboxylic acids is 1. The van der Waals surface area contributed by atoms with Crippen molar-refractivity contribution in [3.63, 3.8) is 0 Å². The lowest BCUT2D eigenvalue weighted by Gasteiger charge is -2.08. The molecule has 6 heteroatoms. The largest absolute Gasteiger partial charge is 0.320 e. The molecular weight excluding hydrogens is 328 g/mol. The van der Waals surface area contributed by atoms with Crippen molar-refractivity contribution in [1.82, 2.24) is 4.57 Å². The van der Waals surface area contributed by atoms with E-state index in [-0.39, 0.29) is 11.5 Å². The highest BCUT2D eigenvalue weighted by molar-refractivity contribution is 9.10. The van der Waals surface area contributed by atoms with E-state index in [1.54, 1.807) is 16.8 Å². The molecule has 0 radical (unpaired) electrons. The Morgan fingerprint density at radius 3 is 2.84 bits per heavy atom. The molecule has 1 N–H and O–H groups in total. The maximum Gasteiger partial charge on any atom is 0.266 e. The maximum absolute atomic E-state index is 12.0. The van der Waals surface area contributed by atoms with Gasteiger partial charge in [-0.2, -0.15) is 0 Å². The molecule has 0 atom stereocenters. The summed E-state index contributed by atoms with van der Waals surface area (Å²) in [5.74, 6) is -0.177. The van der Waals surface area contributed by atoms with Crippen LogP contribution in [0.1, 0.15) is 23.0 Å². The molecule has 2 aromatic heterocycles. The van der Waals surface area contributed by atoms with Gasteiger partial charge in [0, 0.05) is 23.3 Å². The van der Waals surface area contributed by atoms with Crippen molar-refractivity contribution in [2.45, 2.75) is 19.9 Å². The van der Waals surface area contributed by atoms with Crippen LogP contribution in [0.4, 0.5) is 5.69 Å². The third-order valence-electron chi connectivity index (χ3n) is 2.53. The number of thiophene rings is 1. The molecule has 0 bridgehead atoms. The van der Waals surface area contributed by atoms with Crippen LogP contribution in [0.2, 0.25) is 0 Å². The first-order valence-electron chi connectivity index (χ1n) is 5.86. The van der Waals surface area contributed by atoms with E-state index < -0.39 is 0 Å². The monoisotopic (exact) mass is 340 g/mol. The molecule has 0 aliphatic rings. The molecule has 0 fully saturated rings. The Hall–Kier alpha value is -1.40. The molecule has 0 aromatic carbocycles. The van der Waals surface area contributed by atoms with Gasteiger partial charge in [0.05, 0.1) is 5.69 Å². The summed E-state index contributed by atoms with van der Waals surface area (Å²) in [5.41, 5.74) is 0.565. The van der Waals surface area contributed by atoms with Gasteiger partial charge < -0.3 is 9.88 Å². The lowest BCUT2D eigenvalue weighted by atomic mass is 10.3. The minimum atomic E-state index is -0.177. The van der Waals surface area contributed by atoms with E-state index in [9.17, 15) is 9.59 Å². The molecular formula is C13H13BrN2O2S. The summed E-state index contributed by atoms with van der Waals surface area (Å²) >= 11 is 4.69. The van der Waals surface area contributed by atoms with Crippen LogP contribution in [0.15, 0.2) is 39.0 Å². The molecule has 2 aromatic rings. The van der Waals surface area contributed by atoms with Gasteiger partial charge in [-0.05, 0) is 39.9 Å². The fourth-order valence-electron chi connectivity index (χ4n) is 1.66. The lowest BCUT2D eigenvalue weighted by molar-refractivity contribution is 0.103. The van der Waals surface area contributed by atoms with Crippen molar-refractivity contribution in [3.05, 3.63) is 49.5 Å². The molecule has 0 saturated heterocycles. The molecule has 0 aliphatic heterocycles. The second-order valence-electron chi connectivity index (χ2n) is 4.00. The Bertz CT molecular complexity index is 648. The normalized spacial score (nSPS) is 10.4. The number of carbonyl (C=O) groups is 1. The van der Waals surface area contributed by atoms with Gasteiger partial charge in [-0.3, -0.25) is 9.59 Å². The number of hydrogen-bond donors (Lipinski definition) is 1. The molecule has 100 valence electrons. The van der Waals surface area contributed by atoms with Crippen LogP contribution in [0.25, 0.3) is 0 Å². The Morgan fingerprint density at radius 1 is 1.42 bits per heavy atom. The number of nitrogens with zero attached hydrogens (tertiary/aromatic N) is 1. The Labute approximate surface area is 123 Å². The van der Waals surface area contributed by atoms with Crippen LogP contribution in [0.5, 0.6) is 0 Å². The quantitative estimate of drug-likeness (QED) is 0.927. The molecule has 0 unspecified atom stereocenters. The fourth-order valence-corrected chi connectivity index (χ4v) is 3.11. The zero-order valence-corrected chi connectivity index (χ0v) is 12.8. The van der Waals surface area contributed by atoms with E-state index >= 15 is 0 Å². The summed E-state index contributed by atoms with van der Waals surface area (Å²) < 4.78 is 2.37. The fraction of sp³-hybridized carbons (Fsp3) is 0.231. The smallest absolute Gasteiger partial charge is 0.266 e. The van der Waals surface area contributed by atoms with Gasteiger partial charge in [0.1, 0.15) is 4.88 Å². The van der Waals surface area contributed by atoms with Crippen LogP contribution >= 0.6 is 27.3 Å². The van der Waals surface area contributed by atoms with Gasteiger partial charge in [0.15, 0.2) is 0 Å². The number of rotatable bonds is 4. The number of hydrogen-bond acceptors (Lipinski definition) is 3. The standard InChI is InChI=1S/C13H13BrN2O2S/c1-2-6-16-8-9(3-4-11(16)17)15-13(18)12-10(14)5-7-19-12/h3-5,7-8H,2,6H2,1H3,(H,15,18). The summed E-state index contributed by atoms with van der Waals surface area (Å²) in [6, 6.07) is 4.92. The minimum absolute atomic E-state index is 0.0582. The summed E-state index contributed by atoms with van der Waals surface area (Å²) in [6.45, 7) is 2.64. The maximum atomic E-state index is 12.0. The Balaban J connectivity index is 2.20. The van der Waals surface area contributed by atoms with E-state index in [2.05, 4.69) is 21.2 Å². The van der Waals surface area contributed by atoms with Gasteiger partial charge in [0.2, 0.25) is 0 Å². The molecule has 2 heterocycles. The molecule has 0 aliphatic carbocycles. The third kappa shape index (κ3) is 3.33. The first-order chi connectivity index (χ1) is 9.11. The SMILES string of the molecule is CCCn1cc(NC(=O)c2sccc2Br)ccc1=O. The van der Waals surface area contributed by atoms with Crippen LogP contribution in [0, 0.1) is 0 Å². The topological polar surface area (TPSA) is 51.1 Å². The predicted molar refractivity (Wildman–Crippen MR) is 81.0 cm³/mol. The van der Waals surface area contributed by atoms with Crippen LogP contribution in [0.3, 0.4) is 0 Å². The first kappa shape index (κ1) is 14.0. The van der Waals surface area contributed by atoms with Crippen LogP contribution in [-0.2, 0) is 6.54 Å². The number of halogens is 1. The van der Waals surface area contributed by atoms with Gasteiger partial charge in [-0.1, -0.05) is 6.92 Å². The van der Waals surface area contributed by atoms with Gasteiger partial charge in [0.25, 0.3) is 11.5 Å². The summed E-state index contributed by atoms with van der Waals surface area (Å²) in [7, 11) is 0. The highest BCUT2D eigenvalue weighted by Gasteiger charge is 2.12. The molecule has 0 saturated carbocycles. The summed E-state index contributed by atoms with van der Waals surface area (Å²) in [5, 5.41) is 4.64. The van der Waals surface area contributed by atoms with E-state index in [0.717, 1.165) is 10.9 Å². The van der Waals surface area contributed by atoms with Crippen molar-refractivity contribution in [3.8, 4) is 0 Å². The third-order valence-corrected chi connectivity index (χ3v) is 4.37. The van der Waals surface area contributed by atoms with E-state index in [1.165, 1.54) is 17.4 Å². The molecule has 0 spiro atoms. The van der Waals surface area contributed by atoms with Gasteiger partial charge in [-0.15, -0.1) is 11.3 Å². The number of pyridine rings is 1. The van der Waals surface area contributed by atoms with Crippen LogP contribution in [-0.4, -0.2) is 10.5 Å². The number of nitrogens with one attached hydrogen (secondary N) is 1. The highest BCUT2D eigenvalue weighted by atomic mass is 79.9. The molecule has 4 nitrogen and oxygen atoms in total. The molecule has 2 rings (SSSR count). The minimum Gasteiger partial charge on any atom is -0.320 e. The molecule has 1 amide bonds.